The van der Waals surface area contributed by atoms with E-state index < -0.39 is 0 Å². The molecule has 4 nitrogen and oxygen atoms in total. The quantitative estimate of drug-likeness (QED) is 0.871. The molecule has 0 aliphatic rings. The molecule has 22 heavy (non-hydrogen) atoms. The third kappa shape index (κ3) is 6.45. The van der Waals surface area contributed by atoms with E-state index >= 15 is 0 Å². The van der Waals surface area contributed by atoms with Gasteiger partial charge in [-0.1, -0.05) is 32.6 Å². The van der Waals surface area contributed by atoms with Crippen LogP contribution in [-0.2, 0) is 4.79 Å². The van der Waals surface area contributed by atoms with Crippen LogP contribution in [0.25, 0.3) is 0 Å². The van der Waals surface area contributed by atoms with Gasteiger partial charge < -0.3 is 10.2 Å². The van der Waals surface area contributed by atoms with Crippen molar-refractivity contribution < 1.29 is 9.59 Å². The van der Waals surface area contributed by atoms with Gasteiger partial charge >= 0.3 is 0 Å². The van der Waals surface area contributed by atoms with Crippen molar-refractivity contribution in [2.75, 3.05) is 20.6 Å². The molecule has 0 spiro atoms. The van der Waals surface area contributed by atoms with Crippen LogP contribution in [0, 0.1) is 17.3 Å². The van der Waals surface area contributed by atoms with Gasteiger partial charge in [-0.3, -0.25) is 9.59 Å². The smallest absolute Gasteiger partial charge is 0.253 e. The van der Waals surface area contributed by atoms with Crippen molar-refractivity contribution in [3.8, 4) is 11.8 Å². The lowest BCUT2D eigenvalue weighted by atomic mass is 9.92. The van der Waals surface area contributed by atoms with E-state index in [1.807, 2.05) is 20.8 Å². The van der Waals surface area contributed by atoms with E-state index in [1.54, 1.807) is 38.4 Å². The number of amides is 2. The molecule has 0 saturated carbocycles. The molecule has 4 heteroatoms. The third-order valence-corrected chi connectivity index (χ3v) is 2.84. The molecule has 118 valence electrons. The highest BCUT2D eigenvalue weighted by Gasteiger charge is 2.14. The highest BCUT2D eigenvalue weighted by Crippen LogP contribution is 2.17. The second-order valence-corrected chi connectivity index (χ2v) is 6.59. The molecule has 0 aliphatic heterocycles. The zero-order valence-electron chi connectivity index (χ0n) is 14.0. The van der Waals surface area contributed by atoms with Gasteiger partial charge in [-0.05, 0) is 29.7 Å². The zero-order valence-corrected chi connectivity index (χ0v) is 14.0. The Morgan fingerprint density at radius 3 is 2.23 bits per heavy atom. The highest BCUT2D eigenvalue weighted by atomic mass is 16.2. The first kappa shape index (κ1) is 17.8. The summed E-state index contributed by atoms with van der Waals surface area (Å²) in [7, 11) is 3.44. The second kappa shape index (κ2) is 7.65. The van der Waals surface area contributed by atoms with Crippen molar-refractivity contribution in [1.29, 1.82) is 0 Å². The maximum absolute atomic E-state index is 11.7. The number of hydrogen-bond acceptors (Lipinski definition) is 2. The van der Waals surface area contributed by atoms with E-state index in [9.17, 15) is 9.59 Å². The Hall–Kier alpha value is -2.28. The summed E-state index contributed by atoms with van der Waals surface area (Å²) in [5, 5.41) is 2.78. The van der Waals surface area contributed by atoms with Gasteiger partial charge in [0.25, 0.3) is 5.91 Å². The van der Waals surface area contributed by atoms with E-state index in [0.717, 1.165) is 5.56 Å². The molecule has 1 N–H and O–H groups in total. The molecule has 2 amide bonds. The molecule has 1 aromatic rings. The van der Waals surface area contributed by atoms with Crippen molar-refractivity contribution in [1.82, 2.24) is 10.2 Å². The minimum absolute atomic E-state index is 0.00808. The van der Waals surface area contributed by atoms with Crippen LogP contribution in [-0.4, -0.2) is 37.4 Å². The number of nitrogens with one attached hydrogen (secondary N) is 1. The van der Waals surface area contributed by atoms with Crippen LogP contribution in [0.15, 0.2) is 24.3 Å². The fraction of sp³-hybridized carbons (Fsp3) is 0.444. The van der Waals surface area contributed by atoms with Gasteiger partial charge in [0.05, 0.1) is 6.54 Å². The lowest BCUT2D eigenvalue weighted by Crippen LogP contribution is -2.27. The lowest BCUT2D eigenvalue weighted by Gasteiger charge is -2.16. The highest BCUT2D eigenvalue weighted by molar-refractivity contribution is 5.93. The van der Waals surface area contributed by atoms with Crippen LogP contribution in [0.5, 0.6) is 0 Å². The summed E-state index contributed by atoms with van der Waals surface area (Å²) in [5.74, 6) is 5.86. The molecule has 1 aromatic carbocycles. The predicted molar refractivity (Wildman–Crippen MR) is 88.4 cm³/mol. The fourth-order valence-electron chi connectivity index (χ4n) is 1.79. The maximum Gasteiger partial charge on any atom is 0.253 e. The van der Waals surface area contributed by atoms with Crippen molar-refractivity contribution in [2.45, 2.75) is 27.2 Å². The second-order valence-electron chi connectivity index (χ2n) is 6.59. The fourth-order valence-corrected chi connectivity index (χ4v) is 1.79. The molecular formula is C18H24N2O2. The van der Waals surface area contributed by atoms with Crippen molar-refractivity contribution in [3.63, 3.8) is 0 Å². The van der Waals surface area contributed by atoms with Crippen LogP contribution in [0.3, 0.4) is 0 Å². The van der Waals surface area contributed by atoms with Crippen molar-refractivity contribution >= 4 is 11.8 Å². The summed E-state index contributed by atoms with van der Waals surface area (Å²) in [5.41, 5.74) is 1.43. The molecule has 1 rings (SSSR count). The Bertz CT molecular complexity index is 584. The van der Waals surface area contributed by atoms with Crippen LogP contribution in [0.2, 0.25) is 0 Å². The van der Waals surface area contributed by atoms with Gasteiger partial charge in [0, 0.05) is 31.6 Å². The van der Waals surface area contributed by atoms with Crippen LogP contribution < -0.4 is 5.32 Å². The van der Waals surface area contributed by atoms with Gasteiger partial charge in [0.1, 0.15) is 0 Å². The average Bonchev–Trinajstić information content (AvgIpc) is 2.41. The SMILES string of the molecule is CN(C)C(=O)c1ccc(C#CCNC(=O)CC(C)(C)C)cc1. The summed E-state index contributed by atoms with van der Waals surface area (Å²) in [6.07, 6.45) is 0.482. The van der Waals surface area contributed by atoms with E-state index in [0.29, 0.717) is 18.5 Å². The average molecular weight is 300 g/mol. The number of carbonyl (C=O) groups is 2. The predicted octanol–water partition coefficient (Wildman–Crippen LogP) is 2.29. The van der Waals surface area contributed by atoms with E-state index in [1.165, 1.54) is 4.90 Å². The minimum atomic E-state index is -0.0334. The van der Waals surface area contributed by atoms with Gasteiger partial charge in [0.2, 0.25) is 5.91 Å². The minimum Gasteiger partial charge on any atom is -0.345 e. The van der Waals surface area contributed by atoms with Crippen molar-refractivity contribution in [2.24, 2.45) is 5.41 Å². The third-order valence-electron chi connectivity index (χ3n) is 2.84. The van der Waals surface area contributed by atoms with E-state index in [4.69, 9.17) is 0 Å². The largest absolute Gasteiger partial charge is 0.345 e. The molecule has 0 fully saturated rings. The molecule has 0 saturated heterocycles. The van der Waals surface area contributed by atoms with E-state index in [-0.39, 0.29) is 17.2 Å². The van der Waals surface area contributed by atoms with Gasteiger partial charge in [-0.15, -0.1) is 0 Å². The Kier molecular flexibility index (Phi) is 6.18. The normalized spacial score (nSPS) is 10.4. The molecule has 0 heterocycles. The number of benzene rings is 1. The number of hydrogen-bond donors (Lipinski definition) is 1. The molecule has 0 atom stereocenters. The molecule has 0 aliphatic carbocycles. The summed E-state index contributed by atoms with van der Waals surface area (Å²) in [6.45, 7) is 6.39. The number of carbonyl (C=O) groups excluding carboxylic acids is 2. The lowest BCUT2D eigenvalue weighted by molar-refractivity contribution is -0.122. The maximum atomic E-state index is 11.7. The molecule has 0 radical (unpaired) electrons. The molecular weight excluding hydrogens is 276 g/mol. The van der Waals surface area contributed by atoms with Gasteiger partial charge in [-0.2, -0.15) is 0 Å². The van der Waals surface area contributed by atoms with Gasteiger partial charge in [0.15, 0.2) is 0 Å². The van der Waals surface area contributed by atoms with Gasteiger partial charge in [-0.25, -0.2) is 0 Å². The topological polar surface area (TPSA) is 49.4 Å². The monoisotopic (exact) mass is 300 g/mol. The summed E-state index contributed by atoms with van der Waals surface area (Å²) in [6, 6.07) is 7.12. The number of nitrogens with zero attached hydrogens (tertiary/aromatic N) is 1. The molecule has 0 bridgehead atoms. The van der Waals surface area contributed by atoms with Crippen LogP contribution >= 0.6 is 0 Å². The standard InChI is InChI=1S/C18H24N2O2/c1-18(2,3)13-16(21)19-12-6-7-14-8-10-15(11-9-14)17(22)20(4)5/h8-11H,12-13H2,1-5H3,(H,19,21). The van der Waals surface area contributed by atoms with Crippen LogP contribution in [0.1, 0.15) is 43.1 Å². The van der Waals surface area contributed by atoms with Crippen LogP contribution in [0.4, 0.5) is 0 Å². The summed E-state index contributed by atoms with van der Waals surface area (Å²) < 4.78 is 0. The molecule has 0 unspecified atom stereocenters. The number of rotatable bonds is 3. The Morgan fingerprint density at radius 1 is 1.14 bits per heavy atom. The van der Waals surface area contributed by atoms with Crippen molar-refractivity contribution in [3.05, 3.63) is 35.4 Å². The molecule has 0 aromatic heterocycles. The first-order valence-corrected chi connectivity index (χ1v) is 7.26. The first-order valence-electron chi connectivity index (χ1n) is 7.26. The zero-order chi connectivity index (χ0) is 16.8. The summed E-state index contributed by atoms with van der Waals surface area (Å²) >= 11 is 0. The Morgan fingerprint density at radius 2 is 1.73 bits per heavy atom. The first-order chi connectivity index (χ1) is 10.2. The summed E-state index contributed by atoms with van der Waals surface area (Å²) in [4.78, 5) is 24.9. The Balaban J connectivity index is 2.52. The van der Waals surface area contributed by atoms with E-state index in [2.05, 4.69) is 17.2 Å². The Labute approximate surface area is 132 Å².